The Morgan fingerprint density at radius 2 is 1.87 bits per heavy atom. The number of anilines is 3. The normalized spacial score (nSPS) is 19.5. The number of nitrogen functional groups attached to an aromatic ring is 2. The molecular formula is C22H32N8. The second-order valence-corrected chi connectivity index (χ2v) is 8.73. The van der Waals surface area contributed by atoms with Gasteiger partial charge in [0.1, 0.15) is 5.52 Å². The third-order valence-electron chi connectivity index (χ3n) is 6.07. The predicted octanol–water partition coefficient (Wildman–Crippen LogP) is 3.16. The summed E-state index contributed by atoms with van der Waals surface area (Å²) in [4.78, 5) is 16.3. The number of hydrogen-bond donors (Lipinski definition) is 3. The van der Waals surface area contributed by atoms with Crippen LogP contribution in [0.4, 0.5) is 17.5 Å². The molecule has 1 saturated carbocycles. The molecule has 8 heteroatoms. The Hall–Kier alpha value is -2.87. The molecule has 1 aliphatic carbocycles. The number of nitrogens with two attached hydrogens (primary N) is 3. The predicted molar refractivity (Wildman–Crippen MR) is 122 cm³/mol. The summed E-state index contributed by atoms with van der Waals surface area (Å²) in [5.41, 5.74) is 23.2. The Morgan fingerprint density at radius 3 is 2.57 bits per heavy atom. The molecule has 0 atom stereocenters. The van der Waals surface area contributed by atoms with Crippen molar-refractivity contribution in [1.82, 2.24) is 19.5 Å². The van der Waals surface area contributed by atoms with Crippen LogP contribution in [0.2, 0.25) is 0 Å². The molecule has 4 rings (SSSR count). The summed E-state index contributed by atoms with van der Waals surface area (Å²) < 4.78 is 2.03. The zero-order valence-corrected chi connectivity index (χ0v) is 18.0. The fourth-order valence-electron chi connectivity index (χ4n) is 4.26. The molecule has 6 N–H and O–H groups in total. The zero-order valence-electron chi connectivity index (χ0n) is 18.0. The molecule has 1 fully saturated rings. The Bertz CT molecular complexity index is 1030. The molecule has 0 radical (unpaired) electrons. The average Bonchev–Trinajstić information content (AvgIpc) is 3.14. The highest BCUT2D eigenvalue weighted by Crippen LogP contribution is 2.30. The minimum atomic E-state index is 0.227. The Labute approximate surface area is 177 Å². The minimum absolute atomic E-state index is 0.227. The first kappa shape index (κ1) is 20.4. The standard InChI is InChI=1S/C22H32N8/c1-13(2)30-12-26-19-20(25)27-22(28-21(19)30)29(17-7-5-16(23)6-8-17)11-15-10-14(3)4-9-18(15)24/h4,9-10,12-13,16-17H,5-8,11,23-24H2,1-3H3,(H2,25,27,28). The van der Waals surface area contributed by atoms with Crippen LogP contribution in [0.15, 0.2) is 24.5 Å². The highest BCUT2D eigenvalue weighted by atomic mass is 15.3. The lowest BCUT2D eigenvalue weighted by Gasteiger charge is -2.36. The van der Waals surface area contributed by atoms with Gasteiger partial charge in [-0.25, -0.2) is 4.98 Å². The van der Waals surface area contributed by atoms with Gasteiger partial charge in [0.05, 0.1) is 6.33 Å². The summed E-state index contributed by atoms with van der Waals surface area (Å²) in [5, 5.41) is 0. The molecule has 1 aromatic carbocycles. The van der Waals surface area contributed by atoms with E-state index < -0.39 is 0 Å². The van der Waals surface area contributed by atoms with Gasteiger partial charge in [0.25, 0.3) is 0 Å². The van der Waals surface area contributed by atoms with Gasteiger partial charge in [0.15, 0.2) is 11.5 Å². The monoisotopic (exact) mass is 408 g/mol. The number of hydrogen-bond acceptors (Lipinski definition) is 7. The van der Waals surface area contributed by atoms with Crippen molar-refractivity contribution in [3.63, 3.8) is 0 Å². The van der Waals surface area contributed by atoms with E-state index in [1.165, 1.54) is 5.56 Å². The first-order valence-corrected chi connectivity index (χ1v) is 10.7. The van der Waals surface area contributed by atoms with Crippen LogP contribution >= 0.6 is 0 Å². The largest absolute Gasteiger partial charge is 0.398 e. The first-order chi connectivity index (χ1) is 14.3. The van der Waals surface area contributed by atoms with Gasteiger partial charge in [-0.2, -0.15) is 9.97 Å². The van der Waals surface area contributed by atoms with Gasteiger partial charge in [-0.15, -0.1) is 0 Å². The summed E-state index contributed by atoms with van der Waals surface area (Å²) in [6, 6.07) is 6.92. The van der Waals surface area contributed by atoms with Crippen molar-refractivity contribution in [2.24, 2.45) is 5.73 Å². The van der Waals surface area contributed by atoms with Crippen molar-refractivity contribution in [1.29, 1.82) is 0 Å². The van der Waals surface area contributed by atoms with Gasteiger partial charge >= 0.3 is 0 Å². The van der Waals surface area contributed by atoms with E-state index in [1.807, 2.05) is 16.7 Å². The number of fused-ring (bicyclic) bond motifs is 1. The number of aromatic nitrogens is 4. The van der Waals surface area contributed by atoms with E-state index >= 15 is 0 Å². The van der Waals surface area contributed by atoms with Crippen LogP contribution in [0, 0.1) is 6.92 Å². The molecule has 8 nitrogen and oxygen atoms in total. The van der Waals surface area contributed by atoms with Crippen molar-refractivity contribution in [3.05, 3.63) is 35.7 Å². The van der Waals surface area contributed by atoms with Gasteiger partial charge in [0.2, 0.25) is 5.95 Å². The van der Waals surface area contributed by atoms with Crippen LogP contribution in [0.5, 0.6) is 0 Å². The molecular weight excluding hydrogens is 376 g/mol. The van der Waals surface area contributed by atoms with E-state index in [-0.39, 0.29) is 18.1 Å². The van der Waals surface area contributed by atoms with Gasteiger partial charge in [-0.1, -0.05) is 17.7 Å². The molecule has 2 heterocycles. The molecule has 0 saturated heterocycles. The molecule has 0 bridgehead atoms. The fraction of sp³-hybridized carbons (Fsp3) is 0.500. The second kappa shape index (κ2) is 8.10. The third kappa shape index (κ3) is 3.92. The fourth-order valence-corrected chi connectivity index (χ4v) is 4.26. The van der Waals surface area contributed by atoms with Crippen LogP contribution in [0.3, 0.4) is 0 Å². The molecule has 3 aromatic rings. The van der Waals surface area contributed by atoms with Crippen LogP contribution in [-0.4, -0.2) is 31.6 Å². The molecule has 160 valence electrons. The maximum absolute atomic E-state index is 6.31. The molecule has 0 amide bonds. The number of rotatable bonds is 5. The van der Waals surface area contributed by atoms with E-state index in [2.05, 4.69) is 41.7 Å². The van der Waals surface area contributed by atoms with E-state index in [0.29, 0.717) is 23.8 Å². The summed E-state index contributed by atoms with van der Waals surface area (Å²) in [6.45, 7) is 6.92. The molecule has 0 spiro atoms. The second-order valence-electron chi connectivity index (χ2n) is 8.73. The first-order valence-electron chi connectivity index (χ1n) is 10.7. The Kier molecular flexibility index (Phi) is 5.51. The number of benzene rings is 1. The van der Waals surface area contributed by atoms with Gasteiger partial charge < -0.3 is 26.7 Å². The maximum Gasteiger partial charge on any atom is 0.230 e. The van der Waals surface area contributed by atoms with Crippen molar-refractivity contribution < 1.29 is 0 Å². The Morgan fingerprint density at radius 1 is 1.13 bits per heavy atom. The lowest BCUT2D eigenvalue weighted by Crippen LogP contribution is -2.41. The van der Waals surface area contributed by atoms with E-state index in [9.17, 15) is 0 Å². The lowest BCUT2D eigenvalue weighted by atomic mass is 9.90. The average molecular weight is 409 g/mol. The van der Waals surface area contributed by atoms with Crippen molar-refractivity contribution in [2.45, 2.75) is 71.1 Å². The van der Waals surface area contributed by atoms with Crippen LogP contribution in [0.25, 0.3) is 11.2 Å². The molecule has 30 heavy (non-hydrogen) atoms. The topological polar surface area (TPSA) is 125 Å². The molecule has 2 aromatic heterocycles. The molecule has 0 aliphatic heterocycles. The van der Waals surface area contributed by atoms with Crippen molar-refractivity contribution >= 4 is 28.6 Å². The smallest absolute Gasteiger partial charge is 0.230 e. The third-order valence-corrected chi connectivity index (χ3v) is 6.07. The maximum atomic E-state index is 6.31. The number of imidazole rings is 1. The quantitative estimate of drug-likeness (QED) is 0.554. The minimum Gasteiger partial charge on any atom is -0.398 e. The zero-order chi connectivity index (χ0) is 21.4. The summed E-state index contributed by atoms with van der Waals surface area (Å²) in [7, 11) is 0. The van der Waals surface area contributed by atoms with Gasteiger partial charge in [-0.3, -0.25) is 0 Å². The van der Waals surface area contributed by atoms with Gasteiger partial charge in [0, 0.05) is 30.4 Å². The summed E-state index contributed by atoms with van der Waals surface area (Å²) in [6.07, 6.45) is 5.76. The summed E-state index contributed by atoms with van der Waals surface area (Å²) >= 11 is 0. The van der Waals surface area contributed by atoms with E-state index in [4.69, 9.17) is 22.2 Å². The molecule has 0 unspecified atom stereocenters. The SMILES string of the molecule is Cc1ccc(N)c(CN(c2nc(N)c3ncn(C(C)C)c3n2)C2CCC(N)CC2)c1. The van der Waals surface area contributed by atoms with E-state index in [1.54, 1.807) is 6.33 Å². The van der Waals surface area contributed by atoms with E-state index in [0.717, 1.165) is 42.6 Å². The van der Waals surface area contributed by atoms with Crippen LogP contribution in [-0.2, 0) is 6.54 Å². The summed E-state index contributed by atoms with van der Waals surface area (Å²) in [5.74, 6) is 1.04. The van der Waals surface area contributed by atoms with Gasteiger partial charge in [-0.05, 0) is 58.1 Å². The van der Waals surface area contributed by atoms with Crippen LogP contribution in [0.1, 0.15) is 56.7 Å². The number of aryl methyl sites for hydroxylation is 1. The highest BCUT2D eigenvalue weighted by Gasteiger charge is 2.28. The Balaban J connectivity index is 1.78. The highest BCUT2D eigenvalue weighted by molar-refractivity contribution is 5.83. The van der Waals surface area contributed by atoms with Crippen LogP contribution < -0.4 is 22.1 Å². The van der Waals surface area contributed by atoms with Crippen molar-refractivity contribution in [3.8, 4) is 0 Å². The molecule has 1 aliphatic rings. The number of nitrogens with zero attached hydrogens (tertiary/aromatic N) is 5. The van der Waals surface area contributed by atoms with Crippen molar-refractivity contribution in [2.75, 3.05) is 16.4 Å². The lowest BCUT2D eigenvalue weighted by molar-refractivity contribution is 0.371.